The molecular weight excluding hydrogens is 342 g/mol. The number of nitrogens with zero attached hydrogens (tertiary/aromatic N) is 3. The maximum Gasteiger partial charge on any atom is 0.259 e. The number of likely N-dealkylation sites (tertiary alicyclic amines) is 1. The van der Waals surface area contributed by atoms with Gasteiger partial charge in [-0.3, -0.25) is 9.59 Å². The maximum absolute atomic E-state index is 13.4. The van der Waals surface area contributed by atoms with Crippen molar-refractivity contribution in [2.75, 3.05) is 18.0 Å². The molecule has 2 aliphatic heterocycles. The number of aryl methyl sites for hydroxylation is 2. The molecule has 1 aromatic carbocycles. The highest BCUT2D eigenvalue weighted by Gasteiger charge is 2.52. The molecule has 0 bridgehead atoms. The van der Waals surface area contributed by atoms with Gasteiger partial charge in [-0.05, 0) is 52.2 Å². The molecule has 142 valence electrons. The maximum atomic E-state index is 13.4. The van der Waals surface area contributed by atoms with Gasteiger partial charge in [-0.15, -0.1) is 0 Å². The number of para-hydroxylation sites is 1. The topological polar surface area (TPSA) is 66.7 Å². The molecule has 0 atom stereocenters. The molecular formula is C21H25N3O3. The van der Waals surface area contributed by atoms with Crippen molar-refractivity contribution in [2.45, 2.75) is 52.0 Å². The van der Waals surface area contributed by atoms with E-state index in [0.717, 1.165) is 11.3 Å². The number of hydrogen-bond donors (Lipinski definition) is 0. The number of piperidine rings is 1. The van der Waals surface area contributed by atoms with Crippen molar-refractivity contribution in [3.8, 4) is 0 Å². The number of carbonyl (C=O) groups excluding carboxylic acids is 2. The van der Waals surface area contributed by atoms with Crippen LogP contribution in [-0.2, 0) is 10.2 Å². The van der Waals surface area contributed by atoms with Crippen molar-refractivity contribution in [3.05, 3.63) is 46.8 Å². The van der Waals surface area contributed by atoms with Crippen molar-refractivity contribution in [3.63, 3.8) is 0 Å². The van der Waals surface area contributed by atoms with Crippen molar-refractivity contribution < 1.29 is 14.1 Å². The summed E-state index contributed by atoms with van der Waals surface area (Å²) in [5, 5.41) is 3.89. The lowest BCUT2D eigenvalue weighted by Gasteiger charge is -2.38. The monoisotopic (exact) mass is 367 g/mol. The third-order valence-electron chi connectivity index (χ3n) is 5.98. The molecule has 2 amide bonds. The van der Waals surface area contributed by atoms with Crippen LogP contribution in [-0.4, -0.2) is 41.0 Å². The molecule has 0 N–H and O–H groups in total. The van der Waals surface area contributed by atoms with Gasteiger partial charge in [-0.2, -0.15) is 0 Å². The Kier molecular flexibility index (Phi) is 4.09. The van der Waals surface area contributed by atoms with Gasteiger partial charge in [0.05, 0.1) is 11.1 Å². The van der Waals surface area contributed by atoms with Gasteiger partial charge in [0.2, 0.25) is 5.91 Å². The summed E-state index contributed by atoms with van der Waals surface area (Å²) in [7, 11) is 0. The number of rotatable bonds is 2. The van der Waals surface area contributed by atoms with Crippen molar-refractivity contribution in [2.24, 2.45) is 0 Å². The Morgan fingerprint density at radius 3 is 2.44 bits per heavy atom. The average Bonchev–Trinajstić information content (AvgIpc) is 3.10. The molecule has 0 saturated carbocycles. The molecule has 1 fully saturated rings. The lowest BCUT2D eigenvalue weighted by atomic mass is 9.73. The van der Waals surface area contributed by atoms with E-state index in [4.69, 9.17) is 4.52 Å². The SMILES string of the molecule is Cc1noc(C)c1C(=O)N1CCC2(CC1)C(=O)N(C(C)C)c1ccccc12. The number of fused-ring (bicyclic) bond motifs is 2. The Labute approximate surface area is 159 Å². The molecule has 3 heterocycles. The van der Waals surface area contributed by atoms with Crippen LogP contribution in [0.4, 0.5) is 5.69 Å². The molecule has 2 aliphatic rings. The van der Waals surface area contributed by atoms with Crippen molar-refractivity contribution in [1.82, 2.24) is 10.1 Å². The molecule has 6 heteroatoms. The first-order valence-electron chi connectivity index (χ1n) is 9.52. The van der Waals surface area contributed by atoms with Gasteiger partial charge in [-0.25, -0.2) is 0 Å². The highest BCUT2D eigenvalue weighted by molar-refractivity contribution is 6.08. The molecule has 1 spiro atoms. The Morgan fingerprint density at radius 2 is 1.85 bits per heavy atom. The minimum absolute atomic E-state index is 0.0550. The van der Waals surface area contributed by atoms with Gasteiger partial charge in [0, 0.05) is 24.8 Å². The van der Waals surface area contributed by atoms with E-state index >= 15 is 0 Å². The van der Waals surface area contributed by atoms with E-state index in [0.29, 0.717) is 42.9 Å². The van der Waals surface area contributed by atoms with Crippen LogP contribution in [0.2, 0.25) is 0 Å². The van der Waals surface area contributed by atoms with Crippen LogP contribution in [0.15, 0.2) is 28.8 Å². The van der Waals surface area contributed by atoms with E-state index in [2.05, 4.69) is 11.2 Å². The van der Waals surface area contributed by atoms with E-state index < -0.39 is 5.41 Å². The van der Waals surface area contributed by atoms with Gasteiger partial charge in [0.25, 0.3) is 5.91 Å². The zero-order chi connectivity index (χ0) is 19.3. The second-order valence-corrected chi connectivity index (χ2v) is 7.86. The summed E-state index contributed by atoms with van der Waals surface area (Å²) < 4.78 is 5.15. The number of amides is 2. The summed E-state index contributed by atoms with van der Waals surface area (Å²) >= 11 is 0. The third kappa shape index (κ3) is 2.50. The highest BCUT2D eigenvalue weighted by Crippen LogP contribution is 2.48. The van der Waals surface area contributed by atoms with Crippen LogP contribution in [0.5, 0.6) is 0 Å². The smallest absolute Gasteiger partial charge is 0.259 e. The van der Waals surface area contributed by atoms with Gasteiger partial charge >= 0.3 is 0 Å². The van der Waals surface area contributed by atoms with Crippen LogP contribution in [0, 0.1) is 13.8 Å². The zero-order valence-electron chi connectivity index (χ0n) is 16.3. The molecule has 1 aromatic heterocycles. The fourth-order valence-electron chi connectivity index (χ4n) is 4.58. The number of benzene rings is 1. The number of anilines is 1. The predicted octanol–water partition coefficient (Wildman–Crippen LogP) is 3.22. The van der Waals surface area contributed by atoms with E-state index in [-0.39, 0.29) is 17.9 Å². The molecule has 2 aromatic rings. The lowest BCUT2D eigenvalue weighted by molar-refractivity contribution is -0.125. The molecule has 27 heavy (non-hydrogen) atoms. The van der Waals surface area contributed by atoms with Gasteiger partial charge < -0.3 is 14.3 Å². The van der Waals surface area contributed by atoms with Crippen LogP contribution in [0.1, 0.15) is 54.1 Å². The van der Waals surface area contributed by atoms with Gasteiger partial charge in [0.15, 0.2) is 0 Å². The fraction of sp³-hybridized carbons (Fsp3) is 0.476. The average molecular weight is 367 g/mol. The molecule has 1 saturated heterocycles. The largest absolute Gasteiger partial charge is 0.361 e. The van der Waals surface area contributed by atoms with E-state index in [1.807, 2.05) is 41.8 Å². The Balaban J connectivity index is 1.62. The van der Waals surface area contributed by atoms with E-state index in [1.165, 1.54) is 0 Å². The number of aromatic nitrogens is 1. The number of hydrogen-bond acceptors (Lipinski definition) is 4. The molecule has 0 unspecified atom stereocenters. The standard InChI is InChI=1S/C21H25N3O3/c1-13(2)24-17-8-6-5-7-16(17)21(20(24)26)9-11-23(12-10-21)19(25)18-14(3)22-27-15(18)4/h5-8,13H,9-12H2,1-4H3. The van der Waals surface area contributed by atoms with Crippen LogP contribution in [0.3, 0.4) is 0 Å². The molecule has 0 aliphatic carbocycles. The summed E-state index contributed by atoms with van der Waals surface area (Å²) in [4.78, 5) is 30.1. The molecule has 6 nitrogen and oxygen atoms in total. The Hall–Kier alpha value is -2.63. The third-order valence-corrected chi connectivity index (χ3v) is 5.98. The van der Waals surface area contributed by atoms with Crippen LogP contribution < -0.4 is 4.90 Å². The molecule has 0 radical (unpaired) electrons. The summed E-state index contributed by atoms with van der Waals surface area (Å²) in [5.41, 5.74) is 2.77. The van der Waals surface area contributed by atoms with Crippen LogP contribution >= 0.6 is 0 Å². The normalized spacial score (nSPS) is 18.5. The summed E-state index contributed by atoms with van der Waals surface area (Å²) in [6, 6.07) is 8.19. The summed E-state index contributed by atoms with van der Waals surface area (Å²) in [6.45, 7) is 8.74. The second kappa shape index (κ2) is 6.22. The quantitative estimate of drug-likeness (QED) is 0.817. The second-order valence-electron chi connectivity index (χ2n) is 7.86. The highest BCUT2D eigenvalue weighted by atomic mass is 16.5. The minimum Gasteiger partial charge on any atom is -0.361 e. The predicted molar refractivity (Wildman–Crippen MR) is 102 cm³/mol. The first-order valence-corrected chi connectivity index (χ1v) is 9.52. The zero-order valence-corrected chi connectivity index (χ0v) is 16.3. The number of carbonyl (C=O) groups is 2. The Morgan fingerprint density at radius 1 is 1.19 bits per heavy atom. The summed E-state index contributed by atoms with van der Waals surface area (Å²) in [6.07, 6.45) is 1.28. The van der Waals surface area contributed by atoms with E-state index in [1.54, 1.807) is 13.8 Å². The minimum atomic E-state index is -0.517. The fourth-order valence-corrected chi connectivity index (χ4v) is 4.58. The van der Waals surface area contributed by atoms with Crippen molar-refractivity contribution >= 4 is 17.5 Å². The van der Waals surface area contributed by atoms with Gasteiger partial charge in [0.1, 0.15) is 11.3 Å². The Bertz CT molecular complexity index is 888. The van der Waals surface area contributed by atoms with Gasteiger partial charge in [-0.1, -0.05) is 23.4 Å². The van der Waals surface area contributed by atoms with E-state index in [9.17, 15) is 9.59 Å². The van der Waals surface area contributed by atoms with Crippen LogP contribution in [0.25, 0.3) is 0 Å². The molecule has 4 rings (SSSR count). The first-order chi connectivity index (χ1) is 12.9. The first kappa shape index (κ1) is 17.8. The summed E-state index contributed by atoms with van der Waals surface area (Å²) in [5.74, 6) is 0.662. The lowest BCUT2D eigenvalue weighted by Crippen LogP contribution is -2.51. The van der Waals surface area contributed by atoms with Crippen molar-refractivity contribution in [1.29, 1.82) is 0 Å².